The van der Waals surface area contributed by atoms with E-state index in [1.807, 2.05) is 18.2 Å². The number of carbonyl (C=O) groups is 1. The zero-order valence-corrected chi connectivity index (χ0v) is 17.1. The molecule has 0 spiro atoms. The molecule has 0 unspecified atom stereocenters. The minimum absolute atomic E-state index is 0.00599. The number of hydrogen-bond donors (Lipinski definition) is 2. The van der Waals surface area contributed by atoms with Gasteiger partial charge in [0.15, 0.2) is 5.49 Å². The second-order valence-corrected chi connectivity index (χ2v) is 6.99. The maximum absolute atomic E-state index is 13.0. The predicted molar refractivity (Wildman–Crippen MR) is 125 cm³/mol. The van der Waals surface area contributed by atoms with E-state index in [4.69, 9.17) is 23.9 Å². The van der Waals surface area contributed by atoms with Crippen molar-refractivity contribution in [2.75, 3.05) is 13.0 Å². The molecular formula is C25H24N6O2. The molecule has 1 saturated heterocycles. The third-order valence-corrected chi connectivity index (χ3v) is 4.93. The van der Waals surface area contributed by atoms with Crippen molar-refractivity contribution in [1.29, 1.82) is 5.41 Å². The summed E-state index contributed by atoms with van der Waals surface area (Å²) in [5.41, 5.74) is -0.140. The number of aromatic amines is 1. The van der Waals surface area contributed by atoms with Crippen molar-refractivity contribution in [2.24, 2.45) is 0 Å². The molecule has 0 saturated carbocycles. The first-order valence-corrected chi connectivity index (χ1v) is 9.90. The second kappa shape index (κ2) is 8.74. The molecule has 1 aliphatic rings. The van der Waals surface area contributed by atoms with Crippen molar-refractivity contribution < 1.29 is 23.2 Å². The lowest BCUT2D eigenvalue weighted by Gasteiger charge is -2.32. The van der Waals surface area contributed by atoms with Crippen LogP contribution in [0.3, 0.4) is 0 Å². The molecular weight excluding hydrogens is 416 g/mol. The van der Waals surface area contributed by atoms with Gasteiger partial charge in [-0.25, -0.2) is 9.67 Å². The van der Waals surface area contributed by atoms with E-state index < -0.39 is 62.1 Å². The summed E-state index contributed by atoms with van der Waals surface area (Å²) in [7, 11) is 0. The van der Waals surface area contributed by atoms with Gasteiger partial charge >= 0.3 is 0 Å². The van der Waals surface area contributed by atoms with E-state index in [0.29, 0.717) is 17.1 Å². The maximum atomic E-state index is 13.0. The molecule has 8 nitrogen and oxygen atoms in total. The molecule has 0 radical (unpaired) electrons. The topological polar surface area (TPSA) is 99.9 Å². The molecule has 33 heavy (non-hydrogen) atoms. The van der Waals surface area contributed by atoms with Gasteiger partial charge < -0.3 is 14.6 Å². The van der Waals surface area contributed by atoms with Crippen LogP contribution in [0.2, 0.25) is 0 Å². The number of para-hydroxylation sites is 1. The van der Waals surface area contributed by atoms with Gasteiger partial charge in [-0.2, -0.15) is 5.10 Å². The summed E-state index contributed by atoms with van der Waals surface area (Å²) < 4.78 is 88.9. The Morgan fingerprint density at radius 1 is 1.30 bits per heavy atom. The summed E-state index contributed by atoms with van der Waals surface area (Å²) in [6, 6.07) is 12.1. The van der Waals surface area contributed by atoms with Crippen LogP contribution in [0.15, 0.2) is 73.5 Å². The number of fused-ring (bicyclic) bond motifs is 1. The molecule has 0 aliphatic carbocycles. The van der Waals surface area contributed by atoms with Gasteiger partial charge in [0.2, 0.25) is 5.91 Å². The Hall–Kier alpha value is -4.20. The van der Waals surface area contributed by atoms with Crippen molar-refractivity contribution in [1.82, 2.24) is 24.6 Å². The van der Waals surface area contributed by atoms with E-state index in [1.165, 1.54) is 0 Å². The lowest BCUT2D eigenvalue weighted by atomic mass is 10.1. The smallest absolute Gasteiger partial charge is 0.246 e. The number of hydrogen-bond acceptors (Lipinski definition) is 5. The lowest BCUT2D eigenvalue weighted by molar-refractivity contribution is -0.127. The first kappa shape index (κ1) is 12.2. The highest BCUT2D eigenvalue weighted by Gasteiger charge is 2.27. The molecule has 1 fully saturated rings. The van der Waals surface area contributed by atoms with Gasteiger partial charge in [-0.15, -0.1) is 0 Å². The molecule has 2 aromatic heterocycles. The molecule has 1 aliphatic heterocycles. The fourth-order valence-electron chi connectivity index (χ4n) is 3.43. The Morgan fingerprint density at radius 2 is 2.09 bits per heavy atom. The van der Waals surface area contributed by atoms with Gasteiger partial charge in [0.1, 0.15) is 24.2 Å². The first-order chi connectivity index (χ1) is 20.0. The molecule has 1 atom stereocenters. The average molecular weight is 451 g/mol. The Bertz CT molecular complexity index is 1800. The zero-order chi connectivity index (χ0) is 31.5. The monoisotopic (exact) mass is 450 g/mol. The number of benzene rings is 2. The maximum Gasteiger partial charge on any atom is 0.246 e. The third kappa shape index (κ3) is 4.03. The van der Waals surface area contributed by atoms with Crippen LogP contribution in [-0.4, -0.2) is 43.5 Å². The molecule has 0 bridgehead atoms. The Balaban J connectivity index is 1.68. The highest BCUT2D eigenvalue weighted by Crippen LogP contribution is 2.31. The molecule has 4 aromatic rings. The molecule has 1 amide bonds. The fourth-order valence-corrected chi connectivity index (χ4v) is 3.43. The highest BCUT2D eigenvalue weighted by atomic mass is 16.5. The standard InChI is InChI=1S/C25H24N6O2/c1-2-21(32)30-14-6-7-18(15-30)31-25-22(24(26)27-16-28-25)23(29-31)17-10-12-20(13-11-17)33-19-8-4-3-5-9-19/h2-5,8-13,16,18H,1,6-7,14-15H2,(H2,26,27,28)/t18-/m1/s1/i1D2,2D,7D2,14D2,15D2,16D. The van der Waals surface area contributed by atoms with Crippen LogP contribution < -0.4 is 10.2 Å². The number of amides is 1. The van der Waals surface area contributed by atoms with Crippen LogP contribution in [0.25, 0.3) is 22.3 Å². The molecule has 166 valence electrons. The summed E-state index contributed by atoms with van der Waals surface area (Å²) in [6.45, 7) is -7.46. The van der Waals surface area contributed by atoms with Crippen LogP contribution in [0.4, 0.5) is 0 Å². The van der Waals surface area contributed by atoms with Crippen LogP contribution in [-0.2, 0) is 4.79 Å². The largest absolute Gasteiger partial charge is 0.457 e. The normalized spacial score (nSPS) is 24.8. The zero-order valence-electron chi connectivity index (χ0n) is 27.1. The molecule has 5 rings (SSSR count). The average Bonchev–Trinajstić information content (AvgIpc) is 3.26. The van der Waals surface area contributed by atoms with Crippen molar-refractivity contribution in [3.8, 4) is 22.8 Å². The van der Waals surface area contributed by atoms with Gasteiger partial charge in [-0.1, -0.05) is 24.7 Å². The lowest BCUT2D eigenvalue weighted by Crippen LogP contribution is -2.40. The number of rotatable bonds is 5. The number of aromatic nitrogens is 4. The summed E-state index contributed by atoms with van der Waals surface area (Å²) in [5, 5.41) is 12.9. The SMILES string of the molecule is [2H]C([2H])=C([2H])C(=O)N1C([2H])([2H])CC([2H])([2H])[C@@H](n2nc(-c3ccc(Oc4ccccc4)cc3)c3c(=N)nc([2H])[nH]c32)C1([2H])[2H]. The van der Waals surface area contributed by atoms with Crippen molar-refractivity contribution in [3.05, 3.63) is 79.0 Å². The summed E-state index contributed by atoms with van der Waals surface area (Å²) in [4.78, 5) is 19.5. The fraction of sp³-hybridized carbons (Fsp3) is 0.200. The van der Waals surface area contributed by atoms with Crippen LogP contribution in [0, 0.1) is 5.41 Å². The third-order valence-electron chi connectivity index (χ3n) is 4.93. The van der Waals surface area contributed by atoms with Gasteiger partial charge in [0.05, 0.1) is 24.6 Å². The Labute approximate surface area is 204 Å². The number of likely N-dealkylation sites (tertiary alicyclic amines) is 1. The van der Waals surface area contributed by atoms with Crippen LogP contribution >= 0.6 is 0 Å². The van der Waals surface area contributed by atoms with E-state index in [1.54, 1.807) is 36.4 Å². The van der Waals surface area contributed by atoms with Gasteiger partial charge in [-0.05, 0) is 55.2 Å². The summed E-state index contributed by atoms with van der Waals surface area (Å²) in [6.07, 6.45) is -4.28. The Morgan fingerprint density at radius 3 is 2.88 bits per heavy atom. The van der Waals surface area contributed by atoms with E-state index in [-0.39, 0.29) is 21.6 Å². The first-order valence-electron chi connectivity index (χ1n) is 14.9. The van der Waals surface area contributed by atoms with Crippen LogP contribution in [0.5, 0.6) is 11.5 Å². The number of H-pyrrole nitrogens is 1. The number of nitrogens with one attached hydrogen (secondary N) is 2. The minimum atomic E-state index is -3.23. The Kier molecular flexibility index (Phi) is 3.22. The quantitative estimate of drug-likeness (QED) is 0.448. The van der Waals surface area contributed by atoms with E-state index in [0.717, 1.165) is 4.68 Å². The van der Waals surface area contributed by atoms with E-state index in [9.17, 15) is 4.79 Å². The highest BCUT2D eigenvalue weighted by molar-refractivity contribution is 5.90. The van der Waals surface area contributed by atoms with Gasteiger partial charge in [0.25, 0.3) is 0 Å². The van der Waals surface area contributed by atoms with E-state index >= 15 is 0 Å². The number of piperidine rings is 1. The van der Waals surface area contributed by atoms with Gasteiger partial charge in [-0.3, -0.25) is 10.2 Å². The molecule has 2 N–H and O–H groups in total. The molecule has 8 heteroatoms. The number of carbonyl (C=O) groups excluding carboxylic acids is 1. The number of nitrogens with zero attached hydrogens (tertiary/aromatic N) is 4. The molecule has 2 aromatic carbocycles. The molecule has 3 heterocycles. The number of ether oxygens (including phenoxy) is 1. The second-order valence-electron chi connectivity index (χ2n) is 6.99. The predicted octanol–water partition coefficient (Wildman–Crippen LogP) is 4.05. The van der Waals surface area contributed by atoms with Gasteiger partial charge in [0, 0.05) is 24.0 Å². The van der Waals surface area contributed by atoms with E-state index in [2.05, 4.69) is 15.1 Å². The van der Waals surface area contributed by atoms with Crippen molar-refractivity contribution >= 4 is 16.9 Å². The summed E-state index contributed by atoms with van der Waals surface area (Å²) >= 11 is 0. The summed E-state index contributed by atoms with van der Waals surface area (Å²) in [5.74, 6) is -0.551. The minimum Gasteiger partial charge on any atom is -0.457 e. The van der Waals surface area contributed by atoms with Crippen molar-refractivity contribution in [3.63, 3.8) is 0 Å². The van der Waals surface area contributed by atoms with Crippen LogP contribution in [0.1, 0.15) is 32.5 Å². The van der Waals surface area contributed by atoms with Crippen molar-refractivity contribution in [2.45, 2.75) is 18.8 Å².